The van der Waals surface area contributed by atoms with Gasteiger partial charge in [0.25, 0.3) is 0 Å². The van der Waals surface area contributed by atoms with Crippen molar-refractivity contribution in [3.8, 4) is 11.1 Å². The summed E-state index contributed by atoms with van der Waals surface area (Å²) in [4.78, 5) is 24.0. The van der Waals surface area contributed by atoms with Crippen molar-refractivity contribution < 1.29 is 14.3 Å². The van der Waals surface area contributed by atoms with Crippen LogP contribution < -0.4 is 10.6 Å². The molecule has 150 valence electrons. The highest BCUT2D eigenvalue weighted by atomic mass is 35.5. The van der Waals surface area contributed by atoms with E-state index in [0.29, 0.717) is 11.4 Å². The third-order valence-corrected chi connectivity index (χ3v) is 4.26. The van der Waals surface area contributed by atoms with Crippen molar-refractivity contribution in [3.05, 3.63) is 59.1 Å². The molecule has 0 saturated carbocycles. The number of nitrogens with one attached hydrogen (secondary N) is 2. The molecule has 2 N–H and O–H groups in total. The molecule has 0 aromatic heterocycles. The van der Waals surface area contributed by atoms with Gasteiger partial charge in [0.05, 0.1) is 0 Å². The van der Waals surface area contributed by atoms with Crippen LogP contribution in [0.2, 0.25) is 5.02 Å². The monoisotopic (exact) mass is 402 g/mol. The minimum Gasteiger partial charge on any atom is -0.444 e. The summed E-state index contributed by atoms with van der Waals surface area (Å²) in [6.45, 7) is 5.40. The third kappa shape index (κ3) is 7.24. The minimum absolute atomic E-state index is 0.142. The standard InChI is InChI=1S/C22H27ClN2O3/c1-22(2,3)28-21(27)25-19(14-20(26)24-4)12-15-8-10-16(11-9-15)17-6-5-7-18(23)13-17/h5-11,13,19H,12,14H2,1-4H3,(H,24,26)(H,25,27)/t19-/m1/s1. The zero-order valence-electron chi connectivity index (χ0n) is 16.7. The Morgan fingerprint density at radius 1 is 1.07 bits per heavy atom. The van der Waals surface area contributed by atoms with Gasteiger partial charge in [-0.2, -0.15) is 0 Å². The molecule has 0 heterocycles. The lowest BCUT2D eigenvalue weighted by molar-refractivity contribution is -0.121. The normalized spacial score (nSPS) is 12.2. The van der Waals surface area contributed by atoms with E-state index in [-0.39, 0.29) is 18.4 Å². The number of carbonyl (C=O) groups is 2. The van der Waals surface area contributed by atoms with Crippen LogP contribution in [0.15, 0.2) is 48.5 Å². The van der Waals surface area contributed by atoms with Crippen molar-refractivity contribution in [2.45, 2.75) is 45.3 Å². The number of alkyl carbamates (subject to hydrolysis) is 1. The number of carbonyl (C=O) groups excluding carboxylic acids is 2. The van der Waals surface area contributed by atoms with Gasteiger partial charge in [-0.15, -0.1) is 0 Å². The van der Waals surface area contributed by atoms with E-state index in [2.05, 4.69) is 10.6 Å². The first kappa shape index (κ1) is 21.8. The van der Waals surface area contributed by atoms with E-state index in [4.69, 9.17) is 16.3 Å². The Balaban J connectivity index is 2.09. The number of rotatable bonds is 6. The summed E-state index contributed by atoms with van der Waals surface area (Å²) >= 11 is 6.06. The van der Waals surface area contributed by atoms with Crippen molar-refractivity contribution >= 4 is 23.6 Å². The van der Waals surface area contributed by atoms with Gasteiger partial charge in [0, 0.05) is 24.5 Å². The maximum Gasteiger partial charge on any atom is 0.407 e. The van der Waals surface area contributed by atoms with Crippen LogP contribution >= 0.6 is 11.6 Å². The maximum atomic E-state index is 12.1. The third-order valence-electron chi connectivity index (χ3n) is 4.03. The Labute approximate surface area is 171 Å². The highest BCUT2D eigenvalue weighted by Crippen LogP contribution is 2.23. The van der Waals surface area contributed by atoms with Gasteiger partial charge in [-0.1, -0.05) is 48.0 Å². The van der Waals surface area contributed by atoms with Crippen LogP contribution in [-0.4, -0.2) is 30.7 Å². The van der Waals surface area contributed by atoms with Gasteiger partial charge in [0.1, 0.15) is 5.60 Å². The molecule has 2 amide bonds. The van der Waals surface area contributed by atoms with Crippen molar-refractivity contribution in [3.63, 3.8) is 0 Å². The molecule has 0 aliphatic carbocycles. The van der Waals surface area contributed by atoms with Crippen molar-refractivity contribution in [1.29, 1.82) is 0 Å². The summed E-state index contributed by atoms with van der Waals surface area (Å²) in [5.74, 6) is -0.142. The van der Waals surface area contributed by atoms with Crippen LogP contribution in [0.1, 0.15) is 32.8 Å². The Morgan fingerprint density at radius 3 is 2.32 bits per heavy atom. The molecule has 2 aromatic rings. The Kier molecular flexibility index (Phi) is 7.46. The number of ether oxygens (including phenoxy) is 1. The summed E-state index contributed by atoms with van der Waals surface area (Å²) in [6, 6.07) is 15.3. The first-order valence-corrected chi connectivity index (χ1v) is 9.59. The predicted octanol–water partition coefficient (Wildman–Crippen LogP) is 4.58. The van der Waals surface area contributed by atoms with E-state index in [1.54, 1.807) is 27.8 Å². The summed E-state index contributed by atoms with van der Waals surface area (Å²) in [5.41, 5.74) is 2.50. The fraction of sp³-hybridized carbons (Fsp3) is 0.364. The molecule has 0 unspecified atom stereocenters. The topological polar surface area (TPSA) is 67.4 Å². The van der Waals surface area contributed by atoms with Crippen molar-refractivity contribution in [2.75, 3.05) is 7.05 Å². The molecular weight excluding hydrogens is 376 g/mol. The minimum atomic E-state index is -0.597. The summed E-state index contributed by atoms with van der Waals surface area (Å²) < 4.78 is 5.32. The molecule has 0 fully saturated rings. The lowest BCUT2D eigenvalue weighted by atomic mass is 9.99. The lowest BCUT2D eigenvalue weighted by Gasteiger charge is -2.23. The molecule has 1 atom stereocenters. The molecule has 2 aromatic carbocycles. The molecule has 6 heteroatoms. The quantitative estimate of drug-likeness (QED) is 0.743. The van der Waals surface area contributed by atoms with Crippen LogP contribution in [0.5, 0.6) is 0 Å². The van der Waals surface area contributed by atoms with Gasteiger partial charge in [0.2, 0.25) is 5.91 Å². The van der Waals surface area contributed by atoms with Gasteiger partial charge < -0.3 is 15.4 Å². The molecule has 28 heavy (non-hydrogen) atoms. The molecule has 5 nitrogen and oxygen atoms in total. The molecule has 0 aliphatic rings. The average Bonchev–Trinajstić information content (AvgIpc) is 2.60. The zero-order chi connectivity index (χ0) is 20.7. The fourth-order valence-electron chi connectivity index (χ4n) is 2.76. The Hall–Kier alpha value is -2.53. The van der Waals surface area contributed by atoms with Crippen LogP contribution in [-0.2, 0) is 16.0 Å². The van der Waals surface area contributed by atoms with Crippen LogP contribution in [0.3, 0.4) is 0 Å². The van der Waals surface area contributed by atoms with Crippen molar-refractivity contribution in [1.82, 2.24) is 10.6 Å². The van der Waals surface area contributed by atoms with Gasteiger partial charge >= 0.3 is 6.09 Å². The van der Waals surface area contributed by atoms with E-state index in [1.165, 1.54) is 0 Å². The predicted molar refractivity (Wildman–Crippen MR) is 112 cm³/mol. The van der Waals surface area contributed by atoms with Gasteiger partial charge in [0.15, 0.2) is 0 Å². The molecule has 0 aliphatic heterocycles. The smallest absolute Gasteiger partial charge is 0.407 e. The number of hydrogen-bond donors (Lipinski definition) is 2. The first-order chi connectivity index (χ1) is 13.2. The molecule has 0 radical (unpaired) electrons. The van der Waals surface area contributed by atoms with Gasteiger partial charge in [-0.3, -0.25) is 4.79 Å². The van der Waals surface area contributed by atoms with Crippen LogP contribution in [0.25, 0.3) is 11.1 Å². The first-order valence-electron chi connectivity index (χ1n) is 9.21. The molecule has 2 rings (SSSR count). The Morgan fingerprint density at radius 2 is 1.75 bits per heavy atom. The maximum absolute atomic E-state index is 12.1. The van der Waals surface area contributed by atoms with Crippen LogP contribution in [0, 0.1) is 0 Å². The summed E-state index contributed by atoms with van der Waals surface area (Å²) in [7, 11) is 1.58. The zero-order valence-corrected chi connectivity index (χ0v) is 17.5. The van der Waals surface area contributed by atoms with E-state index < -0.39 is 11.7 Å². The van der Waals surface area contributed by atoms with E-state index in [0.717, 1.165) is 16.7 Å². The van der Waals surface area contributed by atoms with Gasteiger partial charge in [-0.25, -0.2) is 4.79 Å². The van der Waals surface area contributed by atoms with E-state index >= 15 is 0 Å². The Bertz CT molecular complexity index is 813. The fourth-order valence-corrected chi connectivity index (χ4v) is 2.95. The lowest BCUT2D eigenvalue weighted by Crippen LogP contribution is -2.42. The van der Waals surface area contributed by atoms with E-state index in [1.807, 2.05) is 48.5 Å². The largest absolute Gasteiger partial charge is 0.444 e. The molecule has 0 bridgehead atoms. The molecule has 0 spiro atoms. The number of halogens is 1. The summed E-state index contributed by atoms with van der Waals surface area (Å²) in [5, 5.41) is 6.09. The second-order valence-corrected chi connectivity index (χ2v) is 8.07. The SMILES string of the molecule is CNC(=O)C[C@@H](Cc1ccc(-c2cccc(Cl)c2)cc1)NC(=O)OC(C)(C)C. The van der Waals surface area contributed by atoms with E-state index in [9.17, 15) is 9.59 Å². The highest BCUT2D eigenvalue weighted by Gasteiger charge is 2.21. The second-order valence-electron chi connectivity index (χ2n) is 7.63. The average molecular weight is 403 g/mol. The second kappa shape index (κ2) is 9.60. The molecular formula is C22H27ClN2O3. The summed E-state index contributed by atoms with van der Waals surface area (Å²) in [6.07, 6.45) is 0.158. The van der Waals surface area contributed by atoms with Crippen LogP contribution in [0.4, 0.5) is 4.79 Å². The van der Waals surface area contributed by atoms with Crippen molar-refractivity contribution in [2.24, 2.45) is 0 Å². The number of benzene rings is 2. The van der Waals surface area contributed by atoms with Gasteiger partial charge in [-0.05, 0) is 56.0 Å². The molecule has 0 saturated heterocycles. The number of amides is 2. The highest BCUT2D eigenvalue weighted by molar-refractivity contribution is 6.30. The number of hydrogen-bond acceptors (Lipinski definition) is 3.